The summed E-state index contributed by atoms with van der Waals surface area (Å²) in [5, 5.41) is 3.28. The predicted octanol–water partition coefficient (Wildman–Crippen LogP) is 3.14. The van der Waals surface area contributed by atoms with E-state index in [9.17, 15) is 9.59 Å². The zero-order chi connectivity index (χ0) is 13.1. The number of hydrogen-bond acceptors (Lipinski definition) is 4. The van der Waals surface area contributed by atoms with E-state index >= 15 is 0 Å². The molecule has 0 radical (unpaired) electrons. The lowest BCUT2D eigenvalue weighted by molar-refractivity contribution is 0.168. The van der Waals surface area contributed by atoms with E-state index in [1.807, 2.05) is 6.92 Å². The zero-order valence-corrected chi connectivity index (χ0v) is 11.0. The minimum absolute atomic E-state index is 0.00364. The Morgan fingerprint density at radius 1 is 1.39 bits per heavy atom. The summed E-state index contributed by atoms with van der Waals surface area (Å²) in [6.45, 7) is 3.96. The van der Waals surface area contributed by atoms with E-state index in [1.165, 1.54) is 11.3 Å². The summed E-state index contributed by atoms with van der Waals surface area (Å²) in [5.41, 5.74) is 0.631. The Morgan fingerprint density at radius 3 is 2.89 bits per heavy atom. The van der Waals surface area contributed by atoms with Gasteiger partial charge in [-0.2, -0.15) is 0 Å². The fourth-order valence-corrected chi connectivity index (χ4v) is 2.62. The van der Waals surface area contributed by atoms with E-state index in [-0.39, 0.29) is 5.43 Å². The first-order valence-electron chi connectivity index (χ1n) is 5.58. The smallest absolute Gasteiger partial charge is 0.411 e. The molecule has 2 aromatic rings. The lowest BCUT2D eigenvalue weighted by Crippen LogP contribution is -2.13. The van der Waals surface area contributed by atoms with Crippen molar-refractivity contribution in [1.82, 2.24) is 0 Å². The van der Waals surface area contributed by atoms with Crippen molar-refractivity contribution >= 4 is 33.2 Å². The molecule has 0 aliphatic rings. The second-order valence-electron chi connectivity index (χ2n) is 3.78. The molecule has 0 atom stereocenters. The average molecular weight is 263 g/mol. The second kappa shape index (κ2) is 5.18. The summed E-state index contributed by atoms with van der Waals surface area (Å²) in [4.78, 5) is 24.0. The van der Waals surface area contributed by atoms with Crippen molar-refractivity contribution in [2.45, 2.75) is 13.8 Å². The van der Waals surface area contributed by atoms with Gasteiger partial charge in [0.2, 0.25) is 0 Å². The van der Waals surface area contributed by atoms with Gasteiger partial charge in [0.05, 0.1) is 6.61 Å². The number of hydrogen-bond donors (Lipinski definition) is 1. The van der Waals surface area contributed by atoms with E-state index in [2.05, 4.69) is 5.32 Å². The van der Waals surface area contributed by atoms with Crippen LogP contribution in [-0.2, 0) is 4.74 Å². The van der Waals surface area contributed by atoms with Gasteiger partial charge >= 0.3 is 6.09 Å². The highest BCUT2D eigenvalue weighted by Gasteiger charge is 2.05. The summed E-state index contributed by atoms with van der Waals surface area (Å²) in [6, 6.07) is 6.81. The van der Waals surface area contributed by atoms with Gasteiger partial charge in [-0.1, -0.05) is 0 Å². The van der Waals surface area contributed by atoms with Gasteiger partial charge in [0.15, 0.2) is 5.43 Å². The molecule has 1 aromatic carbocycles. The molecule has 2 rings (SSSR count). The number of carbonyl (C=O) groups excluding carboxylic acids is 1. The van der Waals surface area contributed by atoms with Crippen LogP contribution in [0.4, 0.5) is 10.5 Å². The van der Waals surface area contributed by atoms with Crippen LogP contribution in [0.3, 0.4) is 0 Å². The third-order valence-corrected chi connectivity index (χ3v) is 3.37. The average Bonchev–Trinajstić information content (AvgIpc) is 2.28. The van der Waals surface area contributed by atoms with Crippen molar-refractivity contribution in [2.24, 2.45) is 0 Å². The quantitative estimate of drug-likeness (QED) is 0.905. The molecule has 18 heavy (non-hydrogen) atoms. The number of amides is 1. The van der Waals surface area contributed by atoms with E-state index < -0.39 is 6.09 Å². The molecule has 1 N–H and O–H groups in total. The summed E-state index contributed by atoms with van der Waals surface area (Å²) in [6.07, 6.45) is -0.489. The molecule has 1 heterocycles. The van der Waals surface area contributed by atoms with Gasteiger partial charge in [0.25, 0.3) is 0 Å². The molecule has 0 saturated heterocycles. The fourth-order valence-electron chi connectivity index (χ4n) is 1.64. The summed E-state index contributed by atoms with van der Waals surface area (Å²) in [7, 11) is 0. The SMILES string of the molecule is CCOC(=O)Nc1ccc2c(=O)cc(C)sc2c1. The normalized spacial score (nSPS) is 10.3. The minimum atomic E-state index is -0.489. The standard InChI is InChI=1S/C13H13NO3S/c1-3-17-13(16)14-9-4-5-10-11(15)6-8(2)18-12(10)7-9/h4-7H,3H2,1-2H3,(H,14,16). The molecule has 4 nitrogen and oxygen atoms in total. The number of benzene rings is 1. The van der Waals surface area contributed by atoms with Crippen molar-refractivity contribution in [3.63, 3.8) is 0 Å². The van der Waals surface area contributed by atoms with Crippen molar-refractivity contribution in [3.8, 4) is 0 Å². The van der Waals surface area contributed by atoms with Crippen LogP contribution in [0.5, 0.6) is 0 Å². The van der Waals surface area contributed by atoms with Crippen LogP contribution >= 0.6 is 11.3 Å². The highest BCUT2D eigenvalue weighted by Crippen LogP contribution is 2.22. The van der Waals surface area contributed by atoms with Crippen LogP contribution in [0.2, 0.25) is 0 Å². The molecule has 1 amide bonds. The number of aryl methyl sites for hydroxylation is 1. The minimum Gasteiger partial charge on any atom is -0.450 e. The number of rotatable bonds is 2. The van der Waals surface area contributed by atoms with Crippen LogP contribution in [0.25, 0.3) is 10.1 Å². The van der Waals surface area contributed by atoms with Gasteiger partial charge in [-0.25, -0.2) is 4.79 Å². The van der Waals surface area contributed by atoms with Gasteiger partial charge in [-0.05, 0) is 38.1 Å². The highest BCUT2D eigenvalue weighted by molar-refractivity contribution is 7.18. The molecular formula is C13H13NO3S. The number of ether oxygens (including phenoxy) is 1. The van der Waals surface area contributed by atoms with Crippen LogP contribution in [-0.4, -0.2) is 12.7 Å². The molecule has 0 aliphatic heterocycles. The number of fused-ring (bicyclic) bond motifs is 1. The summed E-state index contributed by atoms with van der Waals surface area (Å²) >= 11 is 1.52. The highest BCUT2D eigenvalue weighted by atomic mass is 32.1. The van der Waals surface area contributed by atoms with Crippen LogP contribution in [0.15, 0.2) is 29.1 Å². The summed E-state index contributed by atoms with van der Waals surface area (Å²) < 4.78 is 5.65. The fraction of sp³-hybridized carbons (Fsp3) is 0.231. The maximum absolute atomic E-state index is 11.7. The first-order valence-corrected chi connectivity index (χ1v) is 6.40. The second-order valence-corrected chi connectivity index (χ2v) is 5.07. The maximum Gasteiger partial charge on any atom is 0.411 e. The van der Waals surface area contributed by atoms with E-state index in [0.29, 0.717) is 17.7 Å². The molecule has 0 saturated carbocycles. The number of anilines is 1. The zero-order valence-electron chi connectivity index (χ0n) is 10.1. The van der Waals surface area contributed by atoms with Crippen molar-refractivity contribution in [2.75, 3.05) is 11.9 Å². The van der Waals surface area contributed by atoms with E-state index in [1.54, 1.807) is 31.2 Å². The monoisotopic (exact) mass is 263 g/mol. The van der Waals surface area contributed by atoms with Gasteiger partial charge in [-0.3, -0.25) is 10.1 Å². The summed E-state index contributed by atoms with van der Waals surface area (Å²) in [5.74, 6) is 0. The Balaban J connectivity index is 2.38. The third kappa shape index (κ3) is 2.68. The lowest BCUT2D eigenvalue weighted by atomic mass is 10.2. The Hall–Kier alpha value is -1.88. The number of nitrogens with one attached hydrogen (secondary N) is 1. The molecule has 0 fully saturated rings. The Morgan fingerprint density at radius 2 is 2.17 bits per heavy atom. The molecule has 5 heteroatoms. The van der Waals surface area contributed by atoms with Crippen LogP contribution in [0, 0.1) is 6.92 Å². The topological polar surface area (TPSA) is 55.4 Å². The van der Waals surface area contributed by atoms with Crippen molar-refractivity contribution < 1.29 is 9.53 Å². The molecular weight excluding hydrogens is 250 g/mol. The third-order valence-electron chi connectivity index (χ3n) is 2.37. The van der Waals surface area contributed by atoms with Crippen LogP contribution < -0.4 is 10.7 Å². The van der Waals surface area contributed by atoms with Gasteiger partial charge in [-0.15, -0.1) is 11.3 Å². The largest absolute Gasteiger partial charge is 0.450 e. The predicted molar refractivity (Wildman–Crippen MR) is 73.5 cm³/mol. The van der Waals surface area contributed by atoms with E-state index in [0.717, 1.165) is 9.58 Å². The Bertz CT molecular complexity index is 648. The molecule has 1 aromatic heterocycles. The Labute approximate surface area is 108 Å². The molecule has 0 bridgehead atoms. The van der Waals surface area contributed by atoms with Crippen molar-refractivity contribution in [3.05, 3.63) is 39.4 Å². The maximum atomic E-state index is 11.7. The molecule has 0 unspecified atom stereocenters. The van der Waals surface area contributed by atoms with Crippen LogP contribution in [0.1, 0.15) is 11.8 Å². The molecule has 0 aliphatic carbocycles. The molecule has 0 spiro atoms. The number of carbonyl (C=O) groups is 1. The van der Waals surface area contributed by atoms with Crippen molar-refractivity contribution in [1.29, 1.82) is 0 Å². The molecule has 94 valence electrons. The first kappa shape index (κ1) is 12.6. The lowest BCUT2D eigenvalue weighted by Gasteiger charge is -2.06. The first-order chi connectivity index (χ1) is 8.60. The van der Waals surface area contributed by atoms with E-state index in [4.69, 9.17) is 4.74 Å². The van der Waals surface area contributed by atoms with Gasteiger partial charge in [0, 0.05) is 20.7 Å². The van der Waals surface area contributed by atoms with Gasteiger partial charge in [0.1, 0.15) is 0 Å². The Kier molecular flexibility index (Phi) is 3.62. The van der Waals surface area contributed by atoms with Gasteiger partial charge < -0.3 is 4.74 Å².